The number of aliphatic hydroxyl groups is 1. The maximum Gasteiger partial charge on any atom is 0.172 e. The highest BCUT2D eigenvalue weighted by molar-refractivity contribution is 5.92. The summed E-state index contributed by atoms with van der Waals surface area (Å²) in [4.78, 5) is 18.1. The van der Waals surface area contributed by atoms with E-state index in [4.69, 9.17) is 9.72 Å². The Morgan fingerprint density at radius 3 is 2.78 bits per heavy atom. The molecule has 1 fully saturated rings. The molecule has 1 atom stereocenters. The quantitative estimate of drug-likeness (QED) is 0.452. The molecule has 0 aromatic carbocycles. The average Bonchev–Trinajstić information content (AvgIpc) is 3.43. The fraction of sp³-hybridized carbons (Fsp3) is 0.519. The van der Waals surface area contributed by atoms with Gasteiger partial charge in [-0.15, -0.1) is 0 Å². The third-order valence-corrected chi connectivity index (χ3v) is 7.61. The molecule has 0 amide bonds. The maximum atomic E-state index is 10.3. The number of H-pyrrole nitrogens is 1. The minimum absolute atomic E-state index is 0.221. The van der Waals surface area contributed by atoms with Gasteiger partial charge in [0.25, 0.3) is 0 Å². The van der Waals surface area contributed by atoms with Crippen LogP contribution in [0.5, 0.6) is 5.75 Å². The Hall–Kier alpha value is -3.17. The van der Waals surface area contributed by atoms with Crippen molar-refractivity contribution < 1.29 is 9.84 Å². The van der Waals surface area contributed by atoms with Crippen LogP contribution in [0.4, 0.5) is 5.82 Å². The van der Waals surface area contributed by atoms with Crippen LogP contribution in [0.2, 0.25) is 0 Å². The number of hydrogen-bond acceptors (Lipinski definition) is 7. The minimum atomic E-state index is -0.709. The smallest absolute Gasteiger partial charge is 0.172 e. The second-order valence-electron chi connectivity index (χ2n) is 11.3. The number of anilines is 1. The van der Waals surface area contributed by atoms with Crippen molar-refractivity contribution in [3.63, 3.8) is 0 Å². The van der Waals surface area contributed by atoms with Gasteiger partial charge in [-0.05, 0) is 44.7 Å². The van der Waals surface area contributed by atoms with Gasteiger partial charge in [0.2, 0.25) is 0 Å². The van der Waals surface area contributed by atoms with Crippen molar-refractivity contribution in [3.8, 4) is 17.0 Å². The molecule has 0 bridgehead atoms. The van der Waals surface area contributed by atoms with Crippen molar-refractivity contribution in [3.05, 3.63) is 35.3 Å². The minimum Gasteiger partial charge on any atom is -0.487 e. The number of aryl methyl sites for hydroxylation is 1. The number of ether oxygens (including phenoxy) is 1. The summed E-state index contributed by atoms with van der Waals surface area (Å²) in [7, 11) is 0. The predicted octanol–water partition coefficient (Wildman–Crippen LogP) is 3.67. The third-order valence-electron chi connectivity index (χ3n) is 7.61. The number of nitrogens with one attached hydrogen (secondary N) is 1. The standard InChI is InChI=1S/C27H35N7O2/c1-15(2)22-23(19-11-34-25(28-14-29-34)17(4)16(19)3)30-20-9-21-26(31-24(20)22)33-8-7-32(13-27(5,6)35)10-18(33)12-36-21/h9,11,14-15,18,30,35H,7-8,10,12-13H2,1-6H3. The van der Waals surface area contributed by atoms with Crippen LogP contribution in [-0.4, -0.2) is 79.0 Å². The zero-order valence-corrected chi connectivity index (χ0v) is 22.0. The molecule has 4 aromatic rings. The van der Waals surface area contributed by atoms with Crippen LogP contribution in [-0.2, 0) is 0 Å². The van der Waals surface area contributed by atoms with Crippen molar-refractivity contribution in [2.75, 3.05) is 37.7 Å². The molecule has 36 heavy (non-hydrogen) atoms. The van der Waals surface area contributed by atoms with E-state index < -0.39 is 5.60 Å². The summed E-state index contributed by atoms with van der Waals surface area (Å²) in [5.41, 5.74) is 7.88. The van der Waals surface area contributed by atoms with E-state index in [0.717, 1.165) is 64.7 Å². The number of fused-ring (bicyclic) bond motifs is 5. The van der Waals surface area contributed by atoms with Gasteiger partial charge in [-0.25, -0.2) is 14.5 Å². The lowest BCUT2D eigenvalue weighted by Gasteiger charge is -2.45. The molecule has 2 N–H and O–H groups in total. The first-order chi connectivity index (χ1) is 17.1. The Balaban J connectivity index is 1.44. The number of nitrogens with zero attached hydrogens (tertiary/aromatic N) is 6. The van der Waals surface area contributed by atoms with Gasteiger partial charge in [-0.3, -0.25) is 4.90 Å². The number of hydrogen-bond donors (Lipinski definition) is 2. The van der Waals surface area contributed by atoms with E-state index in [0.29, 0.717) is 13.2 Å². The van der Waals surface area contributed by atoms with Crippen LogP contribution in [0, 0.1) is 13.8 Å². The monoisotopic (exact) mass is 489 g/mol. The van der Waals surface area contributed by atoms with Gasteiger partial charge in [-0.2, -0.15) is 5.10 Å². The Morgan fingerprint density at radius 1 is 1.22 bits per heavy atom. The number of piperazine rings is 1. The first kappa shape index (κ1) is 23.2. The number of pyridine rings is 2. The molecule has 6 heterocycles. The van der Waals surface area contributed by atoms with E-state index in [1.165, 1.54) is 11.1 Å². The molecule has 0 saturated carbocycles. The van der Waals surface area contributed by atoms with Gasteiger partial charge in [-0.1, -0.05) is 13.8 Å². The summed E-state index contributed by atoms with van der Waals surface area (Å²) in [6.45, 7) is 16.3. The van der Waals surface area contributed by atoms with Crippen molar-refractivity contribution in [2.45, 2.75) is 59.1 Å². The molecule has 0 aliphatic carbocycles. The molecule has 9 heteroatoms. The van der Waals surface area contributed by atoms with E-state index in [9.17, 15) is 5.11 Å². The van der Waals surface area contributed by atoms with Crippen molar-refractivity contribution in [2.24, 2.45) is 0 Å². The fourth-order valence-electron chi connectivity index (χ4n) is 5.86. The molecule has 1 unspecified atom stereocenters. The average molecular weight is 490 g/mol. The first-order valence-corrected chi connectivity index (χ1v) is 12.8. The largest absolute Gasteiger partial charge is 0.487 e. The Bertz CT molecular complexity index is 1460. The van der Waals surface area contributed by atoms with Gasteiger partial charge in [0.05, 0.1) is 28.4 Å². The van der Waals surface area contributed by atoms with Gasteiger partial charge >= 0.3 is 0 Å². The second-order valence-corrected chi connectivity index (χ2v) is 11.3. The van der Waals surface area contributed by atoms with Crippen molar-refractivity contribution >= 4 is 22.5 Å². The lowest BCUT2D eigenvalue weighted by atomic mass is 9.95. The van der Waals surface area contributed by atoms with E-state index >= 15 is 0 Å². The number of rotatable bonds is 4. The number of aromatic amines is 1. The second kappa shape index (κ2) is 8.18. The van der Waals surface area contributed by atoms with Crippen molar-refractivity contribution in [1.29, 1.82) is 0 Å². The maximum absolute atomic E-state index is 10.3. The van der Waals surface area contributed by atoms with Gasteiger partial charge < -0.3 is 19.7 Å². The van der Waals surface area contributed by atoms with E-state index in [1.54, 1.807) is 6.33 Å². The van der Waals surface area contributed by atoms with E-state index in [-0.39, 0.29) is 12.0 Å². The Morgan fingerprint density at radius 2 is 2.03 bits per heavy atom. The highest BCUT2D eigenvalue weighted by atomic mass is 16.5. The third kappa shape index (κ3) is 3.72. The number of aromatic nitrogens is 5. The normalized spacial score (nSPS) is 18.7. The SMILES string of the molecule is Cc1c(-c2[nH]c3cc4c(nc3c2C(C)C)N2CCN(CC(C)(C)O)CC2CO4)cn2ncnc2c1C. The van der Waals surface area contributed by atoms with Crippen molar-refractivity contribution in [1.82, 2.24) is 29.5 Å². The molecule has 4 aromatic heterocycles. The molecule has 1 saturated heterocycles. The van der Waals surface area contributed by atoms with Crippen LogP contribution in [0.25, 0.3) is 27.9 Å². The van der Waals surface area contributed by atoms with E-state index in [2.05, 4.69) is 64.8 Å². The van der Waals surface area contributed by atoms with E-state index in [1.807, 2.05) is 18.4 Å². The van der Waals surface area contributed by atoms with Crippen LogP contribution in [0.1, 0.15) is 50.3 Å². The molecule has 2 aliphatic heterocycles. The summed E-state index contributed by atoms with van der Waals surface area (Å²) < 4.78 is 8.10. The highest BCUT2D eigenvalue weighted by Gasteiger charge is 2.36. The molecule has 0 spiro atoms. The first-order valence-electron chi connectivity index (χ1n) is 12.8. The molecule has 6 rings (SSSR count). The molecule has 2 aliphatic rings. The van der Waals surface area contributed by atoms with Gasteiger partial charge in [0.15, 0.2) is 17.2 Å². The molecule has 9 nitrogen and oxygen atoms in total. The molecular formula is C27H35N7O2. The summed E-state index contributed by atoms with van der Waals surface area (Å²) in [5, 5.41) is 14.7. The fourth-order valence-corrected chi connectivity index (χ4v) is 5.86. The highest BCUT2D eigenvalue weighted by Crippen LogP contribution is 2.42. The molecule has 190 valence electrons. The molecular weight excluding hydrogens is 454 g/mol. The lowest BCUT2D eigenvalue weighted by molar-refractivity contribution is 0.0261. The predicted molar refractivity (Wildman–Crippen MR) is 141 cm³/mol. The zero-order valence-electron chi connectivity index (χ0n) is 22.0. The van der Waals surface area contributed by atoms with Crippen LogP contribution < -0.4 is 9.64 Å². The summed E-state index contributed by atoms with van der Waals surface area (Å²) in [6.07, 6.45) is 3.67. The number of β-amino-alcohol motifs (C(OH)–C–C–N with tert-alkyl or cyclic N) is 1. The van der Waals surface area contributed by atoms with Gasteiger partial charge in [0, 0.05) is 49.6 Å². The topological polar surface area (TPSA) is 94.8 Å². The Labute approximate surface area is 211 Å². The summed E-state index contributed by atoms with van der Waals surface area (Å²) >= 11 is 0. The van der Waals surface area contributed by atoms with Crippen LogP contribution >= 0.6 is 0 Å². The van der Waals surface area contributed by atoms with Crippen LogP contribution in [0.15, 0.2) is 18.6 Å². The summed E-state index contributed by atoms with van der Waals surface area (Å²) in [5.74, 6) is 2.03. The summed E-state index contributed by atoms with van der Waals surface area (Å²) in [6, 6.07) is 2.34. The zero-order chi connectivity index (χ0) is 25.4. The lowest BCUT2D eigenvalue weighted by Crippen LogP contribution is -2.59. The Kier molecular flexibility index (Phi) is 5.28. The van der Waals surface area contributed by atoms with Crippen LogP contribution in [0.3, 0.4) is 0 Å². The van der Waals surface area contributed by atoms with Gasteiger partial charge in [0.1, 0.15) is 12.9 Å². The molecule has 0 radical (unpaired) electrons.